The molecule has 3 aromatic rings. The Balaban J connectivity index is 1.67. The zero-order chi connectivity index (χ0) is 16.0. The lowest BCUT2D eigenvalue weighted by molar-refractivity contribution is 0.101. The van der Waals surface area contributed by atoms with E-state index in [2.05, 4.69) is 20.5 Å². The van der Waals surface area contributed by atoms with Crippen LogP contribution in [0.3, 0.4) is 0 Å². The Hall–Kier alpha value is -2.90. The van der Waals surface area contributed by atoms with Gasteiger partial charge in [0, 0.05) is 19.0 Å². The fraction of sp³-hybridized carbons (Fsp3) is 0.333. The number of hydrogen-bond acceptors (Lipinski definition) is 4. The second-order valence-corrected chi connectivity index (χ2v) is 5.85. The molecule has 0 atom stereocenters. The van der Waals surface area contributed by atoms with Gasteiger partial charge in [0.15, 0.2) is 5.82 Å². The summed E-state index contributed by atoms with van der Waals surface area (Å²) in [6, 6.07) is 7.77. The van der Waals surface area contributed by atoms with E-state index in [4.69, 9.17) is 0 Å². The van der Waals surface area contributed by atoms with Gasteiger partial charge in [0.25, 0.3) is 5.91 Å². The van der Waals surface area contributed by atoms with Crippen LogP contribution < -0.4 is 11.0 Å². The largest absolute Gasteiger partial charge is 0.343 e. The summed E-state index contributed by atoms with van der Waals surface area (Å²) in [6.45, 7) is 0.858. The minimum Gasteiger partial charge on any atom is -0.302 e. The second-order valence-electron chi connectivity index (χ2n) is 5.85. The number of rotatable bonds is 4. The van der Waals surface area contributed by atoms with Gasteiger partial charge in [-0.15, -0.1) is 5.10 Å². The number of anilines is 1. The monoisotopic (exact) mass is 312 g/mol. The summed E-state index contributed by atoms with van der Waals surface area (Å²) < 4.78 is 3.02. The highest BCUT2D eigenvalue weighted by molar-refractivity contribution is 6.05. The fourth-order valence-corrected chi connectivity index (χ4v) is 2.58. The van der Waals surface area contributed by atoms with Crippen molar-refractivity contribution in [2.24, 2.45) is 13.0 Å². The summed E-state index contributed by atoms with van der Waals surface area (Å²) in [7, 11) is 1.48. The van der Waals surface area contributed by atoms with Gasteiger partial charge in [0.05, 0.1) is 5.52 Å². The Kier molecular flexibility index (Phi) is 3.03. The molecule has 8 heteroatoms. The van der Waals surface area contributed by atoms with E-state index in [0.29, 0.717) is 11.7 Å². The predicted octanol–water partition coefficient (Wildman–Crippen LogP) is 1.12. The molecule has 23 heavy (non-hydrogen) atoms. The highest BCUT2D eigenvalue weighted by Crippen LogP contribution is 2.32. The number of H-pyrrole nitrogens is 1. The van der Waals surface area contributed by atoms with Gasteiger partial charge in [0.1, 0.15) is 0 Å². The van der Waals surface area contributed by atoms with Crippen molar-refractivity contribution >= 4 is 22.6 Å². The van der Waals surface area contributed by atoms with Crippen LogP contribution in [0.4, 0.5) is 5.82 Å². The number of fused-ring (bicyclic) bond motifs is 1. The van der Waals surface area contributed by atoms with Gasteiger partial charge >= 0.3 is 5.69 Å². The maximum atomic E-state index is 12.3. The first kappa shape index (κ1) is 13.7. The summed E-state index contributed by atoms with van der Waals surface area (Å²) in [5, 5.41) is 12.0. The molecule has 1 aliphatic carbocycles. The third-order valence-corrected chi connectivity index (χ3v) is 4.00. The zero-order valence-corrected chi connectivity index (χ0v) is 12.6. The summed E-state index contributed by atoms with van der Waals surface area (Å²) in [5.41, 5.74) is 0.559. The van der Waals surface area contributed by atoms with Crippen molar-refractivity contribution in [3.05, 3.63) is 40.6 Å². The van der Waals surface area contributed by atoms with Gasteiger partial charge in [0.2, 0.25) is 5.82 Å². The van der Waals surface area contributed by atoms with Crippen LogP contribution in [-0.4, -0.2) is 30.5 Å². The van der Waals surface area contributed by atoms with Crippen molar-refractivity contribution in [2.45, 2.75) is 19.4 Å². The number of carbonyl (C=O) groups is 1. The molecule has 2 N–H and O–H groups in total. The molecule has 0 aliphatic heterocycles. The smallest absolute Gasteiger partial charge is 0.302 e. The van der Waals surface area contributed by atoms with Crippen molar-refractivity contribution in [2.75, 3.05) is 5.32 Å². The third-order valence-electron chi connectivity index (χ3n) is 4.00. The summed E-state index contributed by atoms with van der Waals surface area (Å²) in [5.74, 6) is 0.648. The third kappa shape index (κ3) is 2.52. The quantitative estimate of drug-likeness (QED) is 0.754. The Labute approximate surface area is 131 Å². The number of hydrogen-bond donors (Lipinski definition) is 2. The van der Waals surface area contributed by atoms with Gasteiger partial charge in [-0.05, 0) is 30.9 Å². The first-order valence-corrected chi connectivity index (χ1v) is 7.52. The molecule has 4 rings (SSSR count). The van der Waals surface area contributed by atoms with Gasteiger partial charge in [-0.1, -0.05) is 12.1 Å². The molecule has 0 unspecified atom stereocenters. The van der Waals surface area contributed by atoms with E-state index in [9.17, 15) is 9.59 Å². The maximum Gasteiger partial charge on any atom is 0.343 e. The highest BCUT2D eigenvalue weighted by Gasteiger charge is 2.24. The molecule has 1 saturated carbocycles. The number of carbonyl (C=O) groups excluding carboxylic acids is 1. The number of aromatic nitrogens is 5. The molecule has 1 aromatic carbocycles. The van der Waals surface area contributed by atoms with E-state index >= 15 is 0 Å². The Bertz CT molecular complexity index is 946. The van der Waals surface area contributed by atoms with Crippen LogP contribution in [0.2, 0.25) is 0 Å². The average molecular weight is 312 g/mol. The van der Waals surface area contributed by atoms with Crippen LogP contribution in [0.15, 0.2) is 29.1 Å². The van der Waals surface area contributed by atoms with E-state index in [1.807, 2.05) is 28.9 Å². The highest BCUT2D eigenvalue weighted by atomic mass is 16.2. The first-order chi connectivity index (χ1) is 11.1. The molecule has 1 amide bonds. The van der Waals surface area contributed by atoms with E-state index in [1.54, 1.807) is 0 Å². The molecule has 0 saturated heterocycles. The van der Waals surface area contributed by atoms with Gasteiger partial charge in [-0.3, -0.25) is 14.5 Å². The van der Waals surface area contributed by atoms with Crippen molar-refractivity contribution in [1.82, 2.24) is 24.5 Å². The van der Waals surface area contributed by atoms with Crippen LogP contribution in [0.5, 0.6) is 0 Å². The molecule has 0 spiro atoms. The van der Waals surface area contributed by atoms with E-state index in [-0.39, 0.29) is 5.82 Å². The molecule has 0 bridgehead atoms. The standard InChI is InChI=1S/C15H16N6O2/c1-20-15(23)17-13(18-20)14(22)16-12-10-4-2-3-5-11(10)21(19-12)8-9-6-7-9/h2-5,9H,6-8H2,1H3,(H,16,19,22)(H,17,18,23). The molecule has 2 heterocycles. The number of nitrogens with zero attached hydrogens (tertiary/aromatic N) is 4. The van der Waals surface area contributed by atoms with Crippen LogP contribution in [-0.2, 0) is 13.6 Å². The van der Waals surface area contributed by atoms with Crippen molar-refractivity contribution < 1.29 is 4.79 Å². The number of aryl methyl sites for hydroxylation is 1. The molecule has 118 valence electrons. The summed E-state index contributed by atoms with van der Waals surface area (Å²) in [6.07, 6.45) is 2.45. The molecule has 1 fully saturated rings. The first-order valence-electron chi connectivity index (χ1n) is 7.52. The van der Waals surface area contributed by atoms with E-state index in [1.165, 1.54) is 19.9 Å². The maximum absolute atomic E-state index is 12.3. The summed E-state index contributed by atoms with van der Waals surface area (Å²) in [4.78, 5) is 26.1. The van der Waals surface area contributed by atoms with Crippen LogP contribution >= 0.6 is 0 Å². The number of amides is 1. The molecule has 8 nitrogen and oxygen atoms in total. The van der Waals surface area contributed by atoms with Gasteiger partial charge < -0.3 is 5.32 Å². The van der Waals surface area contributed by atoms with E-state index < -0.39 is 11.6 Å². The average Bonchev–Trinajstić information content (AvgIpc) is 3.21. The van der Waals surface area contributed by atoms with Crippen LogP contribution in [0.1, 0.15) is 23.5 Å². The topological polar surface area (TPSA) is 97.6 Å². The lowest BCUT2D eigenvalue weighted by Crippen LogP contribution is -2.15. The molecule has 2 aromatic heterocycles. The number of aromatic amines is 1. The molecule has 0 radical (unpaired) electrons. The Morgan fingerprint density at radius 1 is 1.35 bits per heavy atom. The van der Waals surface area contributed by atoms with Crippen molar-refractivity contribution in [1.29, 1.82) is 0 Å². The van der Waals surface area contributed by atoms with Crippen molar-refractivity contribution in [3.63, 3.8) is 0 Å². The molecular formula is C15H16N6O2. The van der Waals surface area contributed by atoms with Crippen molar-refractivity contribution in [3.8, 4) is 0 Å². The van der Waals surface area contributed by atoms with Crippen LogP contribution in [0, 0.1) is 5.92 Å². The summed E-state index contributed by atoms with van der Waals surface area (Å²) >= 11 is 0. The zero-order valence-electron chi connectivity index (χ0n) is 12.6. The second kappa shape index (κ2) is 5.08. The normalized spacial score (nSPS) is 14.3. The number of para-hydroxylation sites is 1. The Morgan fingerprint density at radius 2 is 2.13 bits per heavy atom. The predicted molar refractivity (Wildman–Crippen MR) is 84.2 cm³/mol. The minimum atomic E-state index is -0.482. The lowest BCUT2D eigenvalue weighted by Gasteiger charge is -2.00. The SMILES string of the molecule is Cn1nc(C(=O)Nc2nn(CC3CC3)c3ccccc23)[nH]c1=O. The lowest BCUT2D eigenvalue weighted by atomic mass is 10.2. The minimum absolute atomic E-state index is 0.0293. The van der Waals surface area contributed by atoms with Gasteiger partial charge in [-0.2, -0.15) is 5.10 Å². The fourth-order valence-electron chi connectivity index (χ4n) is 2.58. The molecular weight excluding hydrogens is 296 g/mol. The van der Waals surface area contributed by atoms with Gasteiger partial charge in [-0.25, -0.2) is 9.48 Å². The number of benzene rings is 1. The van der Waals surface area contributed by atoms with E-state index in [0.717, 1.165) is 22.1 Å². The Morgan fingerprint density at radius 3 is 2.83 bits per heavy atom. The van der Waals surface area contributed by atoms with Crippen LogP contribution in [0.25, 0.3) is 10.9 Å². The molecule has 1 aliphatic rings. The number of nitrogens with one attached hydrogen (secondary N) is 2.